The highest BCUT2D eigenvalue weighted by Crippen LogP contribution is 2.26. The van der Waals surface area contributed by atoms with Crippen LogP contribution in [-0.4, -0.2) is 0 Å². The molecule has 0 aliphatic heterocycles. The molecule has 0 bridgehead atoms. The van der Waals surface area contributed by atoms with Crippen LogP contribution in [0.2, 0.25) is 0 Å². The Kier molecular flexibility index (Phi) is 1.25. The Hall–Kier alpha value is -1.69. The molecule has 0 spiro atoms. The van der Waals surface area contributed by atoms with Crippen LogP contribution in [0.1, 0.15) is 0 Å². The fourth-order valence-electron chi connectivity index (χ4n) is 1.92. The second-order valence-electron chi connectivity index (χ2n) is 3.32. The van der Waals surface area contributed by atoms with E-state index in [2.05, 4.69) is 54.6 Å². The Morgan fingerprint density at radius 3 is 2.15 bits per heavy atom. The van der Waals surface area contributed by atoms with Crippen molar-refractivity contribution in [2.75, 3.05) is 0 Å². The van der Waals surface area contributed by atoms with Crippen LogP contribution < -0.4 is 0 Å². The van der Waals surface area contributed by atoms with Crippen molar-refractivity contribution in [1.82, 2.24) is 0 Å². The lowest BCUT2D eigenvalue weighted by Crippen LogP contribution is -1.64. The summed E-state index contributed by atoms with van der Waals surface area (Å²) in [7, 11) is 0. The summed E-state index contributed by atoms with van der Waals surface area (Å²) in [6.45, 7) is 0. The topological polar surface area (TPSA) is 0 Å². The largest absolute Gasteiger partial charge is 0.169 e. The van der Waals surface area contributed by atoms with E-state index in [-0.39, 0.29) is 0 Å². The monoisotopic (exact) mass is 165 g/mol. The van der Waals surface area contributed by atoms with E-state index in [1.54, 1.807) is 0 Å². The summed E-state index contributed by atoms with van der Waals surface area (Å²) in [4.78, 5) is 0. The molecule has 0 aromatic heterocycles. The average molecular weight is 165 g/mol. The maximum Gasteiger partial charge on any atom is -0.0425 e. The molecule has 0 radical (unpaired) electrons. The minimum absolute atomic E-state index is 1.32. The van der Waals surface area contributed by atoms with Gasteiger partial charge in [-0.2, -0.15) is 18.2 Å². The molecule has 0 nitrogen and oxygen atoms in total. The molecule has 3 aromatic rings. The highest BCUT2D eigenvalue weighted by Gasteiger charge is 1.91. The summed E-state index contributed by atoms with van der Waals surface area (Å²) in [6.07, 6.45) is 0. The van der Waals surface area contributed by atoms with Gasteiger partial charge in [0.05, 0.1) is 0 Å². The summed E-state index contributed by atoms with van der Waals surface area (Å²) < 4.78 is 0. The smallest absolute Gasteiger partial charge is 0.0425 e. The van der Waals surface area contributed by atoms with Gasteiger partial charge in [-0.3, -0.25) is 0 Å². The van der Waals surface area contributed by atoms with Crippen molar-refractivity contribution in [2.24, 2.45) is 0 Å². The van der Waals surface area contributed by atoms with Crippen molar-refractivity contribution in [3.8, 4) is 0 Å². The Morgan fingerprint density at radius 1 is 0.692 bits per heavy atom. The van der Waals surface area contributed by atoms with Crippen LogP contribution in [0.4, 0.5) is 0 Å². The molecule has 0 heteroatoms. The molecule has 3 aromatic carbocycles. The van der Waals surface area contributed by atoms with Crippen molar-refractivity contribution < 1.29 is 0 Å². The van der Waals surface area contributed by atoms with Crippen molar-refractivity contribution in [3.05, 3.63) is 54.6 Å². The third-order valence-corrected chi connectivity index (χ3v) is 2.52. The van der Waals surface area contributed by atoms with Gasteiger partial charge in [0, 0.05) is 0 Å². The van der Waals surface area contributed by atoms with E-state index >= 15 is 0 Å². The fraction of sp³-hybridized carbons (Fsp3) is 0. The van der Waals surface area contributed by atoms with Gasteiger partial charge in [-0.05, 0) is 5.39 Å². The second kappa shape index (κ2) is 2.40. The number of hydrogen-bond acceptors (Lipinski definition) is 0. The molecule has 0 aliphatic rings. The van der Waals surface area contributed by atoms with E-state index in [1.165, 1.54) is 21.5 Å². The van der Waals surface area contributed by atoms with Crippen molar-refractivity contribution in [1.29, 1.82) is 0 Å². The predicted molar refractivity (Wildman–Crippen MR) is 57.0 cm³/mol. The van der Waals surface area contributed by atoms with E-state index in [9.17, 15) is 0 Å². The summed E-state index contributed by atoms with van der Waals surface area (Å²) >= 11 is 0. The zero-order valence-corrected chi connectivity index (χ0v) is 7.20. The van der Waals surface area contributed by atoms with Gasteiger partial charge in [0.15, 0.2) is 0 Å². The van der Waals surface area contributed by atoms with Gasteiger partial charge >= 0.3 is 0 Å². The third kappa shape index (κ3) is 0.888. The highest BCUT2D eigenvalue weighted by molar-refractivity contribution is 6.10. The van der Waals surface area contributed by atoms with Crippen LogP contribution >= 0.6 is 0 Å². The first-order valence-electron chi connectivity index (χ1n) is 4.48. The molecule has 0 heterocycles. The van der Waals surface area contributed by atoms with E-state index in [4.69, 9.17) is 0 Å². The standard InChI is InChI=1S/C13H9/c1-2-5-11-8-9-12-7-3-6-10(4-1)13(11)12/h1-9H/q-1. The van der Waals surface area contributed by atoms with Gasteiger partial charge in [-0.25, -0.2) is 0 Å². The predicted octanol–water partition coefficient (Wildman–Crippen LogP) is 3.71. The summed E-state index contributed by atoms with van der Waals surface area (Å²) in [5, 5.41) is 5.37. The van der Waals surface area contributed by atoms with Crippen LogP contribution in [0, 0.1) is 0 Å². The maximum absolute atomic E-state index is 2.18. The van der Waals surface area contributed by atoms with Gasteiger partial charge in [0.1, 0.15) is 0 Å². The lowest BCUT2D eigenvalue weighted by Gasteiger charge is -2.01. The first-order chi connectivity index (χ1) is 6.45. The molecule has 0 amide bonds. The maximum atomic E-state index is 2.18. The van der Waals surface area contributed by atoms with Gasteiger partial charge in [-0.1, -0.05) is 24.3 Å². The fourth-order valence-corrected chi connectivity index (χ4v) is 1.92. The second-order valence-corrected chi connectivity index (χ2v) is 3.32. The molecule has 62 valence electrons. The molecule has 0 N–H and O–H groups in total. The Bertz CT molecular complexity index is 558. The SMILES string of the molecule is c1ccc2c[cH-]cc3ccc(c1)c23. The minimum atomic E-state index is 1.32. The van der Waals surface area contributed by atoms with Crippen molar-refractivity contribution in [2.45, 2.75) is 0 Å². The Balaban J connectivity index is 2.75. The number of hydrogen-bond donors (Lipinski definition) is 0. The Morgan fingerprint density at radius 2 is 1.31 bits per heavy atom. The van der Waals surface area contributed by atoms with Gasteiger partial charge in [-0.15, -0.1) is 28.3 Å². The molecular formula is C13H9-. The Labute approximate surface area is 76.8 Å². The zero-order valence-electron chi connectivity index (χ0n) is 7.20. The first kappa shape index (κ1) is 6.79. The molecule has 0 atom stereocenters. The lowest BCUT2D eigenvalue weighted by molar-refractivity contribution is 1.86. The van der Waals surface area contributed by atoms with Gasteiger partial charge in [0.25, 0.3) is 0 Å². The van der Waals surface area contributed by atoms with Gasteiger partial charge < -0.3 is 0 Å². The first-order valence-corrected chi connectivity index (χ1v) is 4.48. The summed E-state index contributed by atoms with van der Waals surface area (Å²) in [5.74, 6) is 0. The molecule has 13 heavy (non-hydrogen) atoms. The number of rotatable bonds is 0. The van der Waals surface area contributed by atoms with E-state index in [0.717, 1.165) is 0 Å². The highest BCUT2D eigenvalue weighted by atomic mass is 14.0. The van der Waals surface area contributed by atoms with Crippen LogP contribution in [-0.2, 0) is 0 Å². The van der Waals surface area contributed by atoms with E-state index in [1.807, 2.05) is 0 Å². The van der Waals surface area contributed by atoms with Crippen LogP contribution in [0.5, 0.6) is 0 Å². The summed E-state index contributed by atoms with van der Waals surface area (Å²) in [5.41, 5.74) is 0. The van der Waals surface area contributed by atoms with Gasteiger partial charge in [0.2, 0.25) is 0 Å². The minimum Gasteiger partial charge on any atom is -0.169 e. The lowest BCUT2D eigenvalue weighted by atomic mass is 10.1. The molecule has 0 saturated heterocycles. The molecule has 0 aliphatic carbocycles. The number of benzene rings is 1. The molecule has 0 unspecified atom stereocenters. The van der Waals surface area contributed by atoms with Crippen LogP contribution in [0.3, 0.4) is 0 Å². The summed E-state index contributed by atoms with van der Waals surface area (Å²) in [6, 6.07) is 19.3. The van der Waals surface area contributed by atoms with Crippen molar-refractivity contribution in [3.63, 3.8) is 0 Å². The van der Waals surface area contributed by atoms with E-state index < -0.39 is 0 Å². The van der Waals surface area contributed by atoms with E-state index in [0.29, 0.717) is 0 Å². The molecule has 0 fully saturated rings. The normalized spacial score (nSPS) is 11.1. The average Bonchev–Trinajstić information content (AvgIpc) is 2.44. The third-order valence-electron chi connectivity index (χ3n) is 2.52. The van der Waals surface area contributed by atoms with Crippen molar-refractivity contribution >= 4 is 21.5 Å². The molecule has 0 saturated carbocycles. The zero-order chi connectivity index (χ0) is 8.67. The molecular weight excluding hydrogens is 156 g/mol. The quantitative estimate of drug-likeness (QED) is 0.445. The van der Waals surface area contributed by atoms with Crippen LogP contribution in [0.25, 0.3) is 21.5 Å². The molecule has 3 rings (SSSR count). The van der Waals surface area contributed by atoms with Crippen LogP contribution in [0.15, 0.2) is 54.6 Å².